The number of carbonyl (C=O) groups is 1. The number of anilines is 1. The topological polar surface area (TPSA) is 119 Å². The number of aliphatic hydroxyl groups excluding tert-OH is 1. The summed E-state index contributed by atoms with van der Waals surface area (Å²) in [5, 5.41) is 23.7. The van der Waals surface area contributed by atoms with E-state index in [0.717, 1.165) is 0 Å². The van der Waals surface area contributed by atoms with E-state index in [1.54, 1.807) is 31.2 Å². The van der Waals surface area contributed by atoms with Gasteiger partial charge in [-0.2, -0.15) is 4.31 Å². The van der Waals surface area contributed by atoms with Gasteiger partial charge in [0.25, 0.3) is 0 Å². The number of para-hydroxylation sites is 1. The van der Waals surface area contributed by atoms with Gasteiger partial charge in [-0.25, -0.2) is 8.42 Å². The number of aliphatic imine (C=N–C) groups is 1. The first kappa shape index (κ1) is 20.3. The Morgan fingerprint density at radius 1 is 1.16 bits per heavy atom. The van der Waals surface area contributed by atoms with Crippen LogP contribution in [0.5, 0.6) is 0 Å². The second-order valence-electron chi connectivity index (χ2n) is 8.39. The smallest absolute Gasteiger partial charge is 0.243 e. The van der Waals surface area contributed by atoms with Crippen molar-refractivity contribution in [3.63, 3.8) is 0 Å². The molecule has 31 heavy (non-hydrogen) atoms. The number of nitrogens with one attached hydrogen (secondary N) is 1. The van der Waals surface area contributed by atoms with Gasteiger partial charge in [0.2, 0.25) is 15.9 Å². The molecule has 162 valence electrons. The molecule has 0 spiro atoms. The number of aliphatic hydroxyl groups is 2. The number of rotatable bonds is 3. The number of benzene rings is 2. The zero-order valence-electron chi connectivity index (χ0n) is 16.9. The maximum absolute atomic E-state index is 13.2. The van der Waals surface area contributed by atoms with Crippen LogP contribution in [0.2, 0.25) is 0 Å². The van der Waals surface area contributed by atoms with Crippen LogP contribution in [0, 0.1) is 0 Å². The van der Waals surface area contributed by atoms with Crippen molar-refractivity contribution < 1.29 is 23.4 Å². The fourth-order valence-corrected chi connectivity index (χ4v) is 6.11. The molecule has 2 unspecified atom stereocenters. The van der Waals surface area contributed by atoms with Gasteiger partial charge < -0.3 is 15.5 Å². The third kappa shape index (κ3) is 3.11. The summed E-state index contributed by atoms with van der Waals surface area (Å²) in [6, 6.07) is 11.7. The molecule has 0 bridgehead atoms. The van der Waals surface area contributed by atoms with E-state index in [9.17, 15) is 23.4 Å². The normalized spacial score (nSPS) is 26.4. The Hall–Kier alpha value is -2.59. The molecule has 3 aliphatic rings. The van der Waals surface area contributed by atoms with E-state index >= 15 is 0 Å². The van der Waals surface area contributed by atoms with E-state index in [0.29, 0.717) is 35.3 Å². The van der Waals surface area contributed by atoms with Crippen LogP contribution in [-0.4, -0.2) is 53.7 Å². The molecule has 3 heterocycles. The number of hydrogen-bond acceptors (Lipinski definition) is 6. The summed E-state index contributed by atoms with van der Waals surface area (Å²) in [5.74, 6) is -1.24. The third-order valence-corrected chi connectivity index (χ3v) is 8.25. The van der Waals surface area contributed by atoms with Gasteiger partial charge in [0.15, 0.2) is 0 Å². The fraction of sp³-hybridized carbons (Fsp3) is 0.364. The SMILES string of the molecule is CC1(O)C(C2C(=O)Nc3ccc(S(=O)(=O)N4CCC(O)CC4)cc32)=Nc2ccccc21. The Morgan fingerprint density at radius 2 is 1.87 bits per heavy atom. The highest BCUT2D eigenvalue weighted by Crippen LogP contribution is 2.46. The zero-order chi connectivity index (χ0) is 22.0. The van der Waals surface area contributed by atoms with Gasteiger partial charge >= 0.3 is 0 Å². The average Bonchev–Trinajstić information content (AvgIpc) is 3.20. The molecule has 1 fully saturated rings. The Labute approximate surface area is 180 Å². The molecule has 0 saturated carbocycles. The van der Waals surface area contributed by atoms with Crippen molar-refractivity contribution >= 4 is 33.0 Å². The molecular formula is C22H23N3O5S. The summed E-state index contributed by atoms with van der Waals surface area (Å²) in [6.45, 7) is 2.10. The maximum Gasteiger partial charge on any atom is 0.243 e. The van der Waals surface area contributed by atoms with Crippen LogP contribution in [0.25, 0.3) is 0 Å². The largest absolute Gasteiger partial charge is 0.393 e. The van der Waals surface area contributed by atoms with Gasteiger partial charge in [0.05, 0.1) is 22.4 Å². The second-order valence-corrected chi connectivity index (χ2v) is 10.3. The lowest BCUT2D eigenvalue weighted by molar-refractivity contribution is -0.115. The monoisotopic (exact) mass is 441 g/mol. The molecule has 1 amide bonds. The van der Waals surface area contributed by atoms with Crippen molar-refractivity contribution in [3.05, 3.63) is 53.6 Å². The van der Waals surface area contributed by atoms with E-state index in [2.05, 4.69) is 10.3 Å². The van der Waals surface area contributed by atoms with Crippen LogP contribution in [0.1, 0.15) is 36.8 Å². The molecule has 2 atom stereocenters. The Balaban J connectivity index is 1.55. The number of piperidine rings is 1. The van der Waals surface area contributed by atoms with Crippen molar-refractivity contribution in [1.29, 1.82) is 0 Å². The van der Waals surface area contributed by atoms with Crippen LogP contribution in [0.15, 0.2) is 52.4 Å². The fourth-order valence-electron chi connectivity index (χ4n) is 4.61. The predicted molar refractivity (Wildman–Crippen MR) is 115 cm³/mol. The van der Waals surface area contributed by atoms with Gasteiger partial charge in [-0.3, -0.25) is 9.79 Å². The van der Waals surface area contributed by atoms with Gasteiger partial charge in [-0.1, -0.05) is 18.2 Å². The van der Waals surface area contributed by atoms with Gasteiger partial charge in [0.1, 0.15) is 11.5 Å². The first-order chi connectivity index (χ1) is 14.7. The minimum atomic E-state index is -3.77. The van der Waals surface area contributed by atoms with Crippen LogP contribution in [-0.2, 0) is 20.4 Å². The summed E-state index contributed by atoms with van der Waals surface area (Å²) >= 11 is 0. The summed E-state index contributed by atoms with van der Waals surface area (Å²) in [4.78, 5) is 17.5. The molecule has 0 aromatic heterocycles. The first-order valence-corrected chi connectivity index (χ1v) is 11.7. The van der Waals surface area contributed by atoms with Crippen LogP contribution in [0.3, 0.4) is 0 Å². The average molecular weight is 442 g/mol. The van der Waals surface area contributed by atoms with Crippen molar-refractivity contribution in [1.82, 2.24) is 4.31 Å². The van der Waals surface area contributed by atoms with Gasteiger partial charge in [0, 0.05) is 24.3 Å². The van der Waals surface area contributed by atoms with E-state index in [-0.39, 0.29) is 29.6 Å². The Kier molecular flexibility index (Phi) is 4.56. The van der Waals surface area contributed by atoms with Gasteiger partial charge in [-0.05, 0) is 49.6 Å². The van der Waals surface area contributed by atoms with Crippen LogP contribution in [0.4, 0.5) is 11.4 Å². The number of sulfonamides is 1. The second kappa shape index (κ2) is 6.96. The van der Waals surface area contributed by atoms with E-state index in [1.807, 2.05) is 6.07 Å². The van der Waals surface area contributed by atoms with E-state index in [4.69, 9.17) is 0 Å². The molecule has 9 heteroatoms. The number of nitrogens with zero attached hydrogens (tertiary/aromatic N) is 2. The summed E-state index contributed by atoms with van der Waals surface area (Å²) in [6.07, 6.45) is 0.303. The molecule has 8 nitrogen and oxygen atoms in total. The molecule has 0 radical (unpaired) electrons. The minimum absolute atomic E-state index is 0.0832. The van der Waals surface area contributed by atoms with Gasteiger partial charge in [-0.15, -0.1) is 0 Å². The molecule has 5 rings (SSSR count). The number of hydrogen-bond donors (Lipinski definition) is 3. The molecule has 2 aromatic rings. The zero-order valence-corrected chi connectivity index (χ0v) is 17.8. The standard InChI is InChI=1S/C22H23N3O5S/c1-22(28)16-4-2-3-5-18(16)23-20(22)19-15-12-14(6-7-17(15)24-21(19)27)31(29,30)25-10-8-13(26)9-11-25/h2-7,12-13,19,26,28H,8-11H2,1H3,(H,24,27). The van der Waals surface area contributed by atoms with Crippen molar-refractivity contribution in [2.75, 3.05) is 18.4 Å². The van der Waals surface area contributed by atoms with Crippen LogP contribution >= 0.6 is 0 Å². The molecular weight excluding hydrogens is 418 g/mol. The number of amides is 1. The Morgan fingerprint density at radius 3 is 2.58 bits per heavy atom. The molecule has 1 saturated heterocycles. The highest BCUT2D eigenvalue weighted by molar-refractivity contribution is 7.89. The molecule has 0 aliphatic carbocycles. The van der Waals surface area contributed by atoms with Crippen molar-refractivity contribution in [2.45, 2.75) is 42.3 Å². The molecule has 2 aromatic carbocycles. The van der Waals surface area contributed by atoms with Crippen molar-refractivity contribution in [2.24, 2.45) is 4.99 Å². The summed E-state index contributed by atoms with van der Waals surface area (Å²) < 4.78 is 27.7. The first-order valence-electron chi connectivity index (χ1n) is 10.2. The van der Waals surface area contributed by atoms with E-state index < -0.39 is 27.6 Å². The third-order valence-electron chi connectivity index (χ3n) is 6.36. The number of carbonyl (C=O) groups excluding carboxylic acids is 1. The van der Waals surface area contributed by atoms with E-state index in [1.165, 1.54) is 16.4 Å². The highest BCUT2D eigenvalue weighted by atomic mass is 32.2. The summed E-state index contributed by atoms with van der Waals surface area (Å²) in [5.41, 5.74) is 1.03. The Bertz CT molecular complexity index is 1210. The number of fused-ring (bicyclic) bond motifs is 2. The predicted octanol–water partition coefficient (Wildman–Crippen LogP) is 1.86. The molecule has 3 aliphatic heterocycles. The maximum atomic E-state index is 13.2. The lowest BCUT2D eigenvalue weighted by atomic mass is 9.83. The lowest BCUT2D eigenvalue weighted by Crippen LogP contribution is -2.40. The van der Waals surface area contributed by atoms with Crippen molar-refractivity contribution in [3.8, 4) is 0 Å². The highest BCUT2D eigenvalue weighted by Gasteiger charge is 2.47. The summed E-state index contributed by atoms with van der Waals surface area (Å²) in [7, 11) is -3.77. The molecule has 3 N–H and O–H groups in total. The minimum Gasteiger partial charge on any atom is -0.393 e. The quantitative estimate of drug-likeness (QED) is 0.672. The lowest BCUT2D eigenvalue weighted by Gasteiger charge is -2.29. The van der Waals surface area contributed by atoms with Crippen LogP contribution < -0.4 is 5.32 Å².